The van der Waals surface area contributed by atoms with Gasteiger partial charge >= 0.3 is 0 Å². The number of carbonyl (C=O) groups is 1. The fraction of sp³-hybridized carbons (Fsp3) is 0.0833. The molecule has 2 rings (SSSR count). The molecule has 0 aromatic heterocycles. The summed E-state index contributed by atoms with van der Waals surface area (Å²) in [5, 5.41) is 11.6. The van der Waals surface area contributed by atoms with E-state index in [9.17, 15) is 9.90 Å². The van der Waals surface area contributed by atoms with E-state index in [4.69, 9.17) is 0 Å². The molecule has 0 aliphatic heterocycles. The van der Waals surface area contributed by atoms with Gasteiger partial charge in [0.15, 0.2) is 0 Å². The third kappa shape index (κ3) is 1.46. The van der Waals surface area contributed by atoms with Crippen molar-refractivity contribution in [3.63, 3.8) is 0 Å². The van der Waals surface area contributed by atoms with E-state index in [0.29, 0.717) is 5.56 Å². The van der Waals surface area contributed by atoms with Crippen LogP contribution < -0.4 is 0 Å². The van der Waals surface area contributed by atoms with Crippen molar-refractivity contribution in [3.8, 4) is 5.75 Å². The van der Waals surface area contributed by atoms with Gasteiger partial charge in [0.1, 0.15) is 12.0 Å². The Bertz CT molecular complexity index is 475. The highest BCUT2D eigenvalue weighted by Crippen LogP contribution is 2.24. The molecule has 0 aliphatic carbocycles. The summed E-state index contributed by atoms with van der Waals surface area (Å²) in [5.74, 6) is 0.191. The number of hydrogen-bond donors (Lipinski definition) is 1. The fourth-order valence-corrected chi connectivity index (χ4v) is 1.53. The van der Waals surface area contributed by atoms with Crippen molar-refractivity contribution in [2.45, 2.75) is 6.42 Å². The minimum absolute atomic E-state index is 0.191. The highest BCUT2D eigenvalue weighted by Gasteiger charge is 2.02. The minimum atomic E-state index is 0.191. The van der Waals surface area contributed by atoms with Crippen LogP contribution in [0.3, 0.4) is 0 Å². The average molecular weight is 186 g/mol. The molecule has 2 aromatic carbocycles. The zero-order chi connectivity index (χ0) is 9.97. The second-order valence-electron chi connectivity index (χ2n) is 3.20. The number of fused-ring (bicyclic) bond motifs is 1. The molecular weight excluding hydrogens is 176 g/mol. The Labute approximate surface area is 81.8 Å². The molecule has 2 aromatic rings. The number of carbonyl (C=O) groups excluding carboxylic acids is 1. The van der Waals surface area contributed by atoms with Gasteiger partial charge < -0.3 is 9.90 Å². The number of benzene rings is 2. The minimum Gasteiger partial charge on any atom is -0.508 e. The average Bonchev–Trinajstić information content (AvgIpc) is 2.19. The third-order valence-electron chi connectivity index (χ3n) is 2.25. The molecule has 0 fully saturated rings. The van der Waals surface area contributed by atoms with E-state index in [1.54, 1.807) is 6.07 Å². The lowest BCUT2D eigenvalue weighted by molar-refractivity contribution is -0.107. The summed E-state index contributed by atoms with van der Waals surface area (Å²) in [4.78, 5) is 10.4. The molecule has 0 atom stereocenters. The van der Waals surface area contributed by atoms with Crippen molar-refractivity contribution in [1.29, 1.82) is 0 Å². The molecular formula is C12H10O2. The number of aldehydes is 1. The second-order valence-corrected chi connectivity index (χ2v) is 3.20. The molecule has 0 aliphatic rings. The van der Waals surface area contributed by atoms with E-state index in [1.165, 1.54) is 0 Å². The highest BCUT2D eigenvalue weighted by molar-refractivity contribution is 5.85. The first-order chi connectivity index (χ1) is 6.81. The van der Waals surface area contributed by atoms with Gasteiger partial charge in [-0.2, -0.15) is 0 Å². The zero-order valence-corrected chi connectivity index (χ0v) is 7.60. The van der Waals surface area contributed by atoms with Gasteiger partial charge in [0.05, 0.1) is 0 Å². The first-order valence-electron chi connectivity index (χ1n) is 4.45. The zero-order valence-electron chi connectivity index (χ0n) is 7.60. The van der Waals surface area contributed by atoms with Crippen LogP contribution in [0, 0.1) is 0 Å². The molecule has 0 heterocycles. The Morgan fingerprint density at radius 1 is 1.14 bits per heavy atom. The molecule has 1 N–H and O–H groups in total. The van der Waals surface area contributed by atoms with Crippen molar-refractivity contribution in [3.05, 3.63) is 42.0 Å². The van der Waals surface area contributed by atoms with E-state index in [1.807, 2.05) is 30.3 Å². The Balaban J connectivity index is 2.64. The van der Waals surface area contributed by atoms with E-state index >= 15 is 0 Å². The van der Waals surface area contributed by atoms with Crippen molar-refractivity contribution >= 4 is 17.1 Å². The maximum absolute atomic E-state index is 10.4. The molecule has 2 nitrogen and oxygen atoms in total. The molecule has 0 saturated heterocycles. The number of rotatable bonds is 2. The van der Waals surface area contributed by atoms with Crippen molar-refractivity contribution in [2.75, 3.05) is 0 Å². The van der Waals surface area contributed by atoms with Crippen LogP contribution in [0.15, 0.2) is 36.4 Å². The summed E-state index contributed by atoms with van der Waals surface area (Å²) < 4.78 is 0. The summed E-state index contributed by atoms with van der Waals surface area (Å²) in [7, 11) is 0. The lowest BCUT2D eigenvalue weighted by Crippen LogP contribution is -1.87. The molecule has 0 saturated carbocycles. The van der Waals surface area contributed by atoms with Crippen LogP contribution in [0.25, 0.3) is 10.8 Å². The standard InChI is InChI=1S/C12H10O2/c13-6-5-11-7-9-3-1-2-4-10(9)8-12(11)14/h1-4,6-8,14H,5H2. The summed E-state index contributed by atoms with van der Waals surface area (Å²) in [5.41, 5.74) is 0.679. The number of phenolic OH excluding ortho intramolecular Hbond substituents is 1. The summed E-state index contributed by atoms with van der Waals surface area (Å²) in [6.45, 7) is 0. The Kier molecular flexibility index (Phi) is 2.19. The monoisotopic (exact) mass is 186 g/mol. The molecule has 14 heavy (non-hydrogen) atoms. The first-order valence-corrected chi connectivity index (χ1v) is 4.45. The lowest BCUT2D eigenvalue weighted by Gasteiger charge is -2.03. The summed E-state index contributed by atoms with van der Waals surface area (Å²) in [6.07, 6.45) is 1.06. The van der Waals surface area contributed by atoms with Crippen LogP contribution in [-0.2, 0) is 11.2 Å². The van der Waals surface area contributed by atoms with Gasteiger partial charge in [0.25, 0.3) is 0 Å². The van der Waals surface area contributed by atoms with Crippen LogP contribution in [0.1, 0.15) is 5.56 Å². The van der Waals surface area contributed by atoms with Gasteiger partial charge in [0, 0.05) is 12.0 Å². The SMILES string of the molecule is O=CCc1cc2ccccc2cc1O. The maximum Gasteiger partial charge on any atom is 0.124 e. The fourth-order valence-electron chi connectivity index (χ4n) is 1.53. The topological polar surface area (TPSA) is 37.3 Å². The van der Waals surface area contributed by atoms with E-state index in [0.717, 1.165) is 17.1 Å². The number of hydrogen-bond acceptors (Lipinski definition) is 2. The molecule has 0 unspecified atom stereocenters. The predicted molar refractivity (Wildman–Crippen MR) is 55.4 cm³/mol. The van der Waals surface area contributed by atoms with Crippen LogP contribution in [-0.4, -0.2) is 11.4 Å². The summed E-state index contributed by atoms with van der Waals surface area (Å²) >= 11 is 0. The van der Waals surface area contributed by atoms with Crippen LogP contribution in [0.2, 0.25) is 0 Å². The van der Waals surface area contributed by atoms with Crippen molar-refractivity contribution < 1.29 is 9.90 Å². The lowest BCUT2D eigenvalue weighted by atomic mass is 10.0. The Hall–Kier alpha value is -1.83. The summed E-state index contributed by atoms with van der Waals surface area (Å²) in [6, 6.07) is 11.3. The van der Waals surface area contributed by atoms with Crippen LogP contribution >= 0.6 is 0 Å². The Morgan fingerprint density at radius 3 is 2.43 bits per heavy atom. The number of aromatic hydroxyl groups is 1. The van der Waals surface area contributed by atoms with Gasteiger partial charge in [-0.05, 0) is 22.9 Å². The Morgan fingerprint density at radius 2 is 1.79 bits per heavy atom. The van der Waals surface area contributed by atoms with Crippen molar-refractivity contribution in [1.82, 2.24) is 0 Å². The molecule has 0 spiro atoms. The second kappa shape index (κ2) is 3.50. The molecule has 0 radical (unpaired) electrons. The van der Waals surface area contributed by atoms with E-state index < -0.39 is 0 Å². The molecule has 70 valence electrons. The van der Waals surface area contributed by atoms with Gasteiger partial charge in [0.2, 0.25) is 0 Å². The first kappa shape index (κ1) is 8.75. The smallest absolute Gasteiger partial charge is 0.124 e. The molecule has 0 amide bonds. The molecule has 2 heteroatoms. The quantitative estimate of drug-likeness (QED) is 0.730. The van der Waals surface area contributed by atoms with Gasteiger partial charge in [-0.3, -0.25) is 0 Å². The van der Waals surface area contributed by atoms with Gasteiger partial charge in [-0.25, -0.2) is 0 Å². The van der Waals surface area contributed by atoms with Crippen LogP contribution in [0.4, 0.5) is 0 Å². The maximum atomic E-state index is 10.4. The van der Waals surface area contributed by atoms with Crippen molar-refractivity contribution in [2.24, 2.45) is 0 Å². The van der Waals surface area contributed by atoms with Gasteiger partial charge in [-0.1, -0.05) is 24.3 Å². The predicted octanol–water partition coefficient (Wildman–Crippen LogP) is 2.29. The number of phenols is 1. The van der Waals surface area contributed by atoms with E-state index in [-0.39, 0.29) is 12.2 Å². The largest absolute Gasteiger partial charge is 0.508 e. The van der Waals surface area contributed by atoms with E-state index in [2.05, 4.69) is 0 Å². The van der Waals surface area contributed by atoms with Crippen LogP contribution in [0.5, 0.6) is 5.75 Å². The molecule has 0 bridgehead atoms. The van der Waals surface area contributed by atoms with Gasteiger partial charge in [-0.15, -0.1) is 0 Å². The normalized spacial score (nSPS) is 10.3. The third-order valence-corrected chi connectivity index (χ3v) is 2.25. The highest BCUT2D eigenvalue weighted by atomic mass is 16.3.